The molecule has 1 N–H and O–H groups in total. The Morgan fingerprint density at radius 1 is 1.42 bits per heavy atom. The number of pyridine rings is 1. The summed E-state index contributed by atoms with van der Waals surface area (Å²) in [5.74, 6) is 0.695. The van der Waals surface area contributed by atoms with Gasteiger partial charge >= 0.3 is 4.87 Å². The van der Waals surface area contributed by atoms with Crippen LogP contribution >= 0.6 is 11.3 Å². The first-order chi connectivity index (χ1) is 11.6. The second-order valence-electron chi connectivity index (χ2n) is 5.59. The molecule has 0 bridgehead atoms. The third-order valence-corrected chi connectivity index (χ3v) is 4.81. The summed E-state index contributed by atoms with van der Waals surface area (Å²) in [4.78, 5) is 30.3. The van der Waals surface area contributed by atoms with Crippen molar-refractivity contribution >= 4 is 23.1 Å². The summed E-state index contributed by atoms with van der Waals surface area (Å²) in [7, 11) is 0. The molecule has 1 aliphatic heterocycles. The minimum atomic E-state index is -0.185. The van der Waals surface area contributed by atoms with Crippen LogP contribution in [0.1, 0.15) is 11.3 Å². The number of carbonyl (C=O) groups excluding carboxylic acids is 1. The van der Waals surface area contributed by atoms with E-state index >= 15 is 0 Å². The number of hydrogen-bond acceptors (Lipinski definition) is 6. The molecule has 0 radical (unpaired) electrons. The maximum Gasteiger partial charge on any atom is 0.307 e. The third-order valence-electron chi connectivity index (χ3n) is 3.93. The number of nitrogens with zero attached hydrogens (tertiary/aromatic N) is 3. The largest absolute Gasteiger partial charge is 0.378 e. The molecule has 2 aromatic heterocycles. The Morgan fingerprint density at radius 2 is 2.21 bits per heavy atom. The van der Waals surface area contributed by atoms with Gasteiger partial charge in [0.15, 0.2) is 0 Å². The molecule has 0 spiro atoms. The topological polar surface area (TPSA) is 76.5 Å². The molecule has 0 saturated carbocycles. The minimum absolute atomic E-state index is 0.0430. The first-order valence-electron chi connectivity index (χ1n) is 7.83. The first-order valence-corrected chi connectivity index (χ1v) is 8.71. The normalized spacial score (nSPS) is 14.6. The van der Waals surface area contributed by atoms with Gasteiger partial charge in [0.2, 0.25) is 5.91 Å². The van der Waals surface area contributed by atoms with E-state index < -0.39 is 0 Å². The Kier molecular flexibility index (Phi) is 5.27. The summed E-state index contributed by atoms with van der Waals surface area (Å²) < 4.78 is 6.85. The zero-order chi connectivity index (χ0) is 16.9. The summed E-state index contributed by atoms with van der Waals surface area (Å²) in [6.45, 7) is 5.20. The van der Waals surface area contributed by atoms with Crippen molar-refractivity contribution < 1.29 is 9.53 Å². The van der Waals surface area contributed by atoms with E-state index in [0.717, 1.165) is 41.5 Å². The highest BCUT2D eigenvalue weighted by Gasteiger charge is 2.16. The zero-order valence-electron chi connectivity index (χ0n) is 13.5. The van der Waals surface area contributed by atoms with Crippen molar-refractivity contribution in [2.75, 3.05) is 31.2 Å². The van der Waals surface area contributed by atoms with Crippen LogP contribution in [0.4, 0.5) is 5.82 Å². The molecule has 2 aromatic rings. The standard InChI is InChI=1S/C16H20N4O3S/c1-12-11-24-16(22)20(12)10-14(21)18-9-13-3-2-4-17-15(13)19-5-7-23-8-6-19/h2-4,11H,5-10H2,1H3,(H,18,21). The minimum Gasteiger partial charge on any atom is -0.378 e. The molecule has 1 fully saturated rings. The third kappa shape index (κ3) is 3.82. The van der Waals surface area contributed by atoms with Crippen molar-refractivity contribution in [2.24, 2.45) is 0 Å². The second kappa shape index (κ2) is 7.59. The van der Waals surface area contributed by atoms with Crippen LogP contribution in [0.3, 0.4) is 0 Å². The predicted molar refractivity (Wildman–Crippen MR) is 92.4 cm³/mol. The number of rotatable bonds is 5. The summed E-state index contributed by atoms with van der Waals surface area (Å²) in [5.41, 5.74) is 1.76. The fraction of sp³-hybridized carbons (Fsp3) is 0.438. The summed E-state index contributed by atoms with van der Waals surface area (Å²) in [6.07, 6.45) is 1.75. The molecule has 3 rings (SSSR count). The predicted octanol–water partition coefficient (Wildman–Crippen LogP) is 0.766. The SMILES string of the molecule is Cc1csc(=O)n1CC(=O)NCc1cccnc1N1CCOCC1. The first kappa shape index (κ1) is 16.7. The van der Waals surface area contributed by atoms with Crippen LogP contribution in [0, 0.1) is 6.92 Å². The van der Waals surface area contributed by atoms with E-state index in [1.54, 1.807) is 11.6 Å². The van der Waals surface area contributed by atoms with Gasteiger partial charge in [0, 0.05) is 42.5 Å². The number of thiazole rings is 1. The van der Waals surface area contributed by atoms with Crippen molar-refractivity contribution in [1.29, 1.82) is 0 Å². The molecule has 0 atom stereocenters. The van der Waals surface area contributed by atoms with Crippen LogP contribution < -0.4 is 15.1 Å². The molecule has 1 amide bonds. The average molecular weight is 348 g/mol. The van der Waals surface area contributed by atoms with Crippen LogP contribution in [-0.2, 0) is 22.6 Å². The van der Waals surface area contributed by atoms with Crippen molar-refractivity contribution in [1.82, 2.24) is 14.9 Å². The van der Waals surface area contributed by atoms with Crippen molar-refractivity contribution in [2.45, 2.75) is 20.0 Å². The Hall–Kier alpha value is -2.19. The number of nitrogens with one attached hydrogen (secondary N) is 1. The smallest absolute Gasteiger partial charge is 0.307 e. The molecular weight excluding hydrogens is 328 g/mol. The Morgan fingerprint density at radius 3 is 2.92 bits per heavy atom. The van der Waals surface area contributed by atoms with Crippen LogP contribution in [0.2, 0.25) is 0 Å². The number of ether oxygens (including phenoxy) is 1. The molecule has 128 valence electrons. The van der Waals surface area contributed by atoms with Gasteiger partial charge in [0.25, 0.3) is 0 Å². The van der Waals surface area contributed by atoms with Crippen LogP contribution in [0.25, 0.3) is 0 Å². The van der Waals surface area contributed by atoms with E-state index in [2.05, 4.69) is 15.2 Å². The van der Waals surface area contributed by atoms with Gasteiger partial charge in [-0.05, 0) is 13.0 Å². The molecule has 24 heavy (non-hydrogen) atoms. The molecule has 3 heterocycles. The lowest BCUT2D eigenvalue weighted by Crippen LogP contribution is -2.38. The van der Waals surface area contributed by atoms with Gasteiger partial charge in [0.1, 0.15) is 12.4 Å². The van der Waals surface area contributed by atoms with Crippen molar-refractivity contribution in [3.05, 3.63) is 44.6 Å². The molecule has 1 saturated heterocycles. The molecule has 0 aromatic carbocycles. The van der Waals surface area contributed by atoms with Crippen molar-refractivity contribution in [3.63, 3.8) is 0 Å². The Labute approximate surface area is 143 Å². The van der Waals surface area contributed by atoms with Gasteiger partial charge in [-0.1, -0.05) is 17.4 Å². The fourth-order valence-corrected chi connectivity index (χ4v) is 3.35. The van der Waals surface area contributed by atoms with E-state index in [9.17, 15) is 9.59 Å². The number of aromatic nitrogens is 2. The molecule has 7 nitrogen and oxygen atoms in total. The number of aryl methyl sites for hydroxylation is 1. The molecular formula is C16H20N4O3S. The van der Waals surface area contributed by atoms with Crippen LogP contribution in [-0.4, -0.2) is 41.8 Å². The Bertz CT molecular complexity index is 765. The highest BCUT2D eigenvalue weighted by molar-refractivity contribution is 7.07. The fourth-order valence-electron chi connectivity index (χ4n) is 2.62. The van der Waals surface area contributed by atoms with E-state index in [1.165, 1.54) is 4.57 Å². The van der Waals surface area contributed by atoms with Gasteiger partial charge in [-0.2, -0.15) is 0 Å². The maximum atomic E-state index is 12.2. The van der Waals surface area contributed by atoms with Crippen LogP contribution in [0.5, 0.6) is 0 Å². The number of amides is 1. The van der Waals surface area contributed by atoms with Gasteiger partial charge < -0.3 is 15.0 Å². The quantitative estimate of drug-likeness (QED) is 0.864. The average Bonchev–Trinajstić information content (AvgIpc) is 2.93. The van der Waals surface area contributed by atoms with E-state index in [-0.39, 0.29) is 17.3 Å². The molecule has 8 heteroatoms. The van der Waals surface area contributed by atoms with E-state index in [1.807, 2.05) is 19.1 Å². The monoisotopic (exact) mass is 348 g/mol. The Balaban J connectivity index is 1.64. The highest BCUT2D eigenvalue weighted by Crippen LogP contribution is 2.18. The lowest BCUT2D eigenvalue weighted by molar-refractivity contribution is -0.121. The lowest BCUT2D eigenvalue weighted by Gasteiger charge is -2.29. The van der Waals surface area contributed by atoms with Crippen molar-refractivity contribution in [3.8, 4) is 0 Å². The van der Waals surface area contributed by atoms with Gasteiger partial charge in [0.05, 0.1) is 13.2 Å². The van der Waals surface area contributed by atoms with E-state index in [4.69, 9.17) is 4.74 Å². The molecule has 0 unspecified atom stereocenters. The van der Waals surface area contributed by atoms with Crippen LogP contribution in [0.15, 0.2) is 28.5 Å². The van der Waals surface area contributed by atoms with Gasteiger partial charge in [-0.25, -0.2) is 4.98 Å². The number of carbonyl (C=O) groups is 1. The summed E-state index contributed by atoms with van der Waals surface area (Å²) >= 11 is 1.11. The zero-order valence-corrected chi connectivity index (χ0v) is 14.3. The molecule has 0 aliphatic carbocycles. The lowest BCUT2D eigenvalue weighted by atomic mass is 10.2. The maximum absolute atomic E-state index is 12.2. The van der Waals surface area contributed by atoms with Gasteiger partial charge in [-0.15, -0.1) is 0 Å². The van der Waals surface area contributed by atoms with Gasteiger partial charge in [-0.3, -0.25) is 14.2 Å². The summed E-state index contributed by atoms with van der Waals surface area (Å²) in [5, 5.41) is 4.64. The molecule has 1 aliphatic rings. The highest BCUT2D eigenvalue weighted by atomic mass is 32.1. The number of anilines is 1. The van der Waals surface area contributed by atoms with E-state index in [0.29, 0.717) is 19.8 Å². The number of hydrogen-bond donors (Lipinski definition) is 1. The summed E-state index contributed by atoms with van der Waals surface area (Å²) in [6, 6.07) is 3.82. The number of morpholine rings is 1. The second-order valence-corrected chi connectivity index (χ2v) is 6.41.